The van der Waals surface area contributed by atoms with Gasteiger partial charge in [-0.1, -0.05) is 0 Å². The van der Waals surface area contributed by atoms with Crippen molar-refractivity contribution in [3.63, 3.8) is 0 Å². The molecule has 21 heavy (non-hydrogen) atoms. The first kappa shape index (κ1) is 17.4. The molecule has 0 amide bonds. The molecule has 1 aromatic rings. The summed E-state index contributed by atoms with van der Waals surface area (Å²) < 4.78 is 0.556. The molecule has 0 aromatic carbocycles. The molecule has 1 unspecified atom stereocenters. The Bertz CT molecular complexity index is 445. The normalized spacial score (nSPS) is 11.7. The van der Waals surface area contributed by atoms with E-state index in [1.165, 1.54) is 0 Å². The van der Waals surface area contributed by atoms with Crippen LogP contribution in [0.5, 0.6) is 0 Å². The summed E-state index contributed by atoms with van der Waals surface area (Å²) in [6, 6.07) is 5.85. The van der Waals surface area contributed by atoms with Gasteiger partial charge in [0.1, 0.15) is 0 Å². The van der Waals surface area contributed by atoms with Crippen molar-refractivity contribution in [1.29, 1.82) is 5.41 Å². The molecule has 0 bridgehead atoms. The van der Waals surface area contributed by atoms with Crippen molar-refractivity contribution in [3.05, 3.63) is 40.2 Å². The van der Waals surface area contributed by atoms with E-state index in [1.54, 1.807) is 28.5 Å². The fraction of sp³-hybridized carbons (Fsp3) is 0.500. The predicted octanol–water partition coefficient (Wildman–Crippen LogP) is -0.321. The number of guanidine groups is 1. The van der Waals surface area contributed by atoms with Crippen molar-refractivity contribution in [2.75, 3.05) is 13.1 Å². The van der Waals surface area contributed by atoms with Gasteiger partial charge in [0.2, 0.25) is 0 Å². The van der Waals surface area contributed by atoms with Crippen LogP contribution in [0.1, 0.15) is 18.5 Å². The first-order valence-corrected chi connectivity index (χ1v) is 8.07. The van der Waals surface area contributed by atoms with E-state index in [0.29, 0.717) is 11.3 Å². The van der Waals surface area contributed by atoms with E-state index in [-0.39, 0.29) is 5.96 Å². The zero-order chi connectivity index (χ0) is 15.5. The average Bonchev–Trinajstić information content (AvgIpc) is 2.44. The van der Waals surface area contributed by atoms with Crippen molar-refractivity contribution in [2.45, 2.75) is 24.1 Å². The van der Waals surface area contributed by atoms with Gasteiger partial charge in [-0.05, 0) is 0 Å². The Kier molecular flexibility index (Phi) is 8.38. The van der Waals surface area contributed by atoms with Gasteiger partial charge in [0, 0.05) is 0 Å². The summed E-state index contributed by atoms with van der Waals surface area (Å²) in [5.41, 5.74) is 2.79. The Morgan fingerprint density at radius 3 is 3.00 bits per heavy atom. The number of nitrogens with zero attached hydrogens (tertiary/aromatic N) is 2. The van der Waals surface area contributed by atoms with Crippen molar-refractivity contribution in [2.24, 2.45) is 0 Å². The molecule has 4 N–H and O–H groups in total. The van der Waals surface area contributed by atoms with Gasteiger partial charge >= 0.3 is 132 Å². The van der Waals surface area contributed by atoms with Crippen LogP contribution in [-0.2, 0) is 6.54 Å². The van der Waals surface area contributed by atoms with Gasteiger partial charge in [-0.25, -0.2) is 0 Å². The van der Waals surface area contributed by atoms with Crippen LogP contribution in [0.25, 0.3) is 0 Å². The third-order valence-corrected chi connectivity index (χ3v) is 3.89. The summed E-state index contributed by atoms with van der Waals surface area (Å²) in [6.07, 6.45) is 3.66. The first-order chi connectivity index (χ1) is 10.1. The number of hydrazine groups is 1. The van der Waals surface area contributed by atoms with E-state index >= 15 is 0 Å². The monoisotopic (exact) mass is 356 g/mol. The molecule has 0 aliphatic heterocycles. The van der Waals surface area contributed by atoms with Crippen LogP contribution in [0.3, 0.4) is 0 Å². The Labute approximate surface area is 132 Å². The van der Waals surface area contributed by atoms with E-state index in [9.17, 15) is 10.1 Å². The van der Waals surface area contributed by atoms with Crippen LogP contribution in [0, 0.1) is 15.5 Å². The quantitative estimate of drug-likeness (QED) is 0.120. The minimum absolute atomic E-state index is 0.272. The number of nitrogens with one attached hydrogen (secondary N) is 4. The molecule has 0 fully saturated rings. The molecule has 0 aliphatic rings. The third kappa shape index (κ3) is 8.99. The number of hydrogen-bond acceptors (Lipinski definition) is 5. The fourth-order valence-electron chi connectivity index (χ4n) is 1.70. The molecule has 1 heterocycles. The number of nitro groups is 1. The van der Waals surface area contributed by atoms with E-state index in [2.05, 4.69) is 15.6 Å². The molecule has 1 aromatic heterocycles. The third-order valence-electron chi connectivity index (χ3n) is 2.70. The summed E-state index contributed by atoms with van der Waals surface area (Å²) >= 11 is 1.67. The van der Waals surface area contributed by atoms with Gasteiger partial charge < -0.3 is 0 Å². The van der Waals surface area contributed by atoms with E-state index < -0.39 is 5.03 Å². The number of aromatic nitrogens is 1. The van der Waals surface area contributed by atoms with Gasteiger partial charge in [0.15, 0.2) is 0 Å². The second-order valence-electron chi connectivity index (χ2n) is 4.52. The molecule has 8 nitrogen and oxygen atoms in total. The molecular weight excluding hydrogens is 335 g/mol. The maximum absolute atomic E-state index is 10.1. The number of rotatable bonds is 9. The molecule has 1 rings (SSSR count). The Morgan fingerprint density at radius 1 is 1.52 bits per heavy atom. The average molecular weight is 356 g/mol. The second-order valence-corrected chi connectivity index (χ2v) is 6.50. The van der Waals surface area contributed by atoms with E-state index in [1.807, 2.05) is 18.2 Å². The van der Waals surface area contributed by atoms with Crippen molar-refractivity contribution in [1.82, 2.24) is 21.0 Å². The Morgan fingerprint density at radius 2 is 2.33 bits per heavy atom. The summed E-state index contributed by atoms with van der Waals surface area (Å²) in [5.74, 6) is -0.272. The summed E-state index contributed by atoms with van der Waals surface area (Å²) in [6.45, 7) is 2.23. The molecule has 0 aliphatic carbocycles. The zero-order valence-corrected chi connectivity index (χ0v) is 14.1. The maximum atomic E-state index is 10.1. The molecule has 116 valence electrons. The first-order valence-electron chi connectivity index (χ1n) is 6.67. The Balaban J connectivity index is 2.02. The van der Waals surface area contributed by atoms with E-state index in [0.717, 1.165) is 31.6 Å². The zero-order valence-electron chi connectivity index (χ0n) is 11.7. The minimum atomic E-state index is -0.747. The SMILES string of the molecule is N=C(NCCC[C@H]([AsH2])CNCc1ccccn1)N[N+](=O)[O-]. The van der Waals surface area contributed by atoms with Crippen LogP contribution in [-0.4, -0.2) is 45.9 Å². The van der Waals surface area contributed by atoms with Crippen molar-refractivity contribution < 1.29 is 5.03 Å². The van der Waals surface area contributed by atoms with Gasteiger partial charge in [0.05, 0.1) is 0 Å². The topological polar surface area (TPSA) is 116 Å². The molecule has 0 saturated carbocycles. The van der Waals surface area contributed by atoms with Crippen LogP contribution >= 0.6 is 0 Å². The van der Waals surface area contributed by atoms with Crippen LogP contribution < -0.4 is 16.1 Å². The molecule has 0 saturated heterocycles. The van der Waals surface area contributed by atoms with Gasteiger partial charge in [-0.2, -0.15) is 0 Å². The molecule has 0 spiro atoms. The number of pyridine rings is 1. The van der Waals surface area contributed by atoms with Gasteiger partial charge in [0.25, 0.3) is 0 Å². The van der Waals surface area contributed by atoms with Crippen molar-refractivity contribution in [3.8, 4) is 0 Å². The van der Waals surface area contributed by atoms with Crippen LogP contribution in [0.15, 0.2) is 24.4 Å². The Hall–Kier alpha value is -1.66. The summed E-state index contributed by atoms with van der Waals surface area (Å²) in [7, 11) is 0. The van der Waals surface area contributed by atoms with Crippen molar-refractivity contribution >= 4 is 22.8 Å². The van der Waals surface area contributed by atoms with Crippen LogP contribution in [0.4, 0.5) is 0 Å². The predicted molar refractivity (Wildman–Crippen MR) is 83.3 cm³/mol. The number of hydrogen-bond donors (Lipinski definition) is 4. The molecule has 0 radical (unpaired) electrons. The molecule has 2 atom stereocenters. The molecular formula is C12H21AsN6O2. The summed E-state index contributed by atoms with van der Waals surface area (Å²) in [5, 5.41) is 22.6. The molecule has 9 heteroatoms. The van der Waals surface area contributed by atoms with Gasteiger partial charge in [-0.15, -0.1) is 0 Å². The fourth-order valence-corrected chi connectivity index (χ4v) is 2.54. The second kappa shape index (κ2) is 10.1. The van der Waals surface area contributed by atoms with Gasteiger partial charge in [-0.3, -0.25) is 0 Å². The van der Waals surface area contributed by atoms with Crippen LogP contribution in [0.2, 0.25) is 4.71 Å². The van der Waals surface area contributed by atoms with E-state index in [4.69, 9.17) is 5.41 Å². The summed E-state index contributed by atoms with van der Waals surface area (Å²) in [4.78, 5) is 14.3. The standard InChI is InChI=1S/C12H21AsN6O2/c13-10(4-3-7-17-12(14)18-19(20)21)8-15-9-11-5-1-2-6-16-11/h1-2,5-6,10,15H,3-4,7-9,13H2,(H3,14,17,18)/t10-/m0/s1.